The molecule has 5 rings (SSSR count). The zero-order valence-electron chi connectivity index (χ0n) is 18.5. The summed E-state index contributed by atoms with van der Waals surface area (Å²) in [6.07, 6.45) is 8.13. The average molecular weight is 424 g/mol. The van der Waals surface area contributed by atoms with Crippen LogP contribution in [0.2, 0.25) is 0 Å². The Kier molecular flexibility index (Phi) is 5.83. The summed E-state index contributed by atoms with van der Waals surface area (Å²) in [5.41, 5.74) is 3.20. The van der Waals surface area contributed by atoms with Crippen LogP contribution in [0.3, 0.4) is 0 Å². The van der Waals surface area contributed by atoms with E-state index in [1.807, 2.05) is 0 Å². The third-order valence-corrected chi connectivity index (χ3v) is 7.67. The molecule has 3 fully saturated rings. The minimum absolute atomic E-state index is 0.0168. The van der Waals surface area contributed by atoms with Crippen LogP contribution in [0, 0.1) is 18.8 Å². The molecule has 31 heavy (non-hydrogen) atoms. The number of carbonyl (C=O) groups excluding carboxylic acids is 2. The summed E-state index contributed by atoms with van der Waals surface area (Å²) >= 11 is 0. The molecule has 1 aliphatic carbocycles. The van der Waals surface area contributed by atoms with Crippen molar-refractivity contribution in [3.05, 3.63) is 29.5 Å². The van der Waals surface area contributed by atoms with Gasteiger partial charge >= 0.3 is 0 Å². The van der Waals surface area contributed by atoms with Gasteiger partial charge in [0.15, 0.2) is 5.58 Å². The third kappa shape index (κ3) is 4.02. The Morgan fingerprint density at radius 3 is 2.35 bits per heavy atom. The van der Waals surface area contributed by atoms with Crippen LogP contribution in [0.15, 0.2) is 22.7 Å². The summed E-state index contributed by atoms with van der Waals surface area (Å²) < 4.78 is 5.57. The molecule has 6 heteroatoms. The number of hydrogen-bond acceptors (Lipinski definition) is 5. The summed E-state index contributed by atoms with van der Waals surface area (Å²) in [5, 5.41) is 5.54. The maximum absolute atomic E-state index is 12.6. The van der Waals surface area contributed by atoms with Crippen molar-refractivity contribution in [1.82, 2.24) is 15.0 Å². The fourth-order valence-corrected chi connectivity index (χ4v) is 5.85. The number of fused-ring (bicyclic) bond motifs is 2. The van der Waals surface area contributed by atoms with Crippen molar-refractivity contribution < 1.29 is 14.1 Å². The molecule has 2 saturated heterocycles. The van der Waals surface area contributed by atoms with Crippen LogP contribution >= 0.6 is 0 Å². The van der Waals surface area contributed by atoms with Gasteiger partial charge in [0.1, 0.15) is 0 Å². The molecule has 2 atom stereocenters. The number of amides is 2. The molecule has 0 N–H and O–H groups in total. The lowest BCUT2D eigenvalue weighted by atomic mass is 9.81. The van der Waals surface area contributed by atoms with Gasteiger partial charge < -0.3 is 9.42 Å². The van der Waals surface area contributed by atoms with Crippen LogP contribution in [-0.2, 0) is 9.59 Å². The molecule has 2 amide bonds. The van der Waals surface area contributed by atoms with Crippen molar-refractivity contribution >= 4 is 22.8 Å². The standard InChI is InChI=1S/C25H33N3O3/c1-17-8-9-21-22(16-17)31-26-23(21)18-10-14-27(15-11-18)12-4-5-13-28-24(29)19-6-2-3-7-20(19)25(28)30/h8-9,16,18-20H,2-7,10-15H2,1H3. The molecule has 2 aromatic rings. The smallest absolute Gasteiger partial charge is 0.233 e. The van der Waals surface area contributed by atoms with Crippen LogP contribution < -0.4 is 0 Å². The third-order valence-electron chi connectivity index (χ3n) is 7.67. The quantitative estimate of drug-likeness (QED) is 0.513. The molecule has 2 aliphatic heterocycles. The highest BCUT2D eigenvalue weighted by Gasteiger charge is 2.47. The molecule has 0 radical (unpaired) electrons. The Morgan fingerprint density at radius 1 is 0.968 bits per heavy atom. The van der Waals surface area contributed by atoms with Crippen molar-refractivity contribution in [2.24, 2.45) is 11.8 Å². The van der Waals surface area contributed by atoms with Crippen molar-refractivity contribution in [3.8, 4) is 0 Å². The summed E-state index contributed by atoms with van der Waals surface area (Å²) in [6.45, 7) is 5.84. The van der Waals surface area contributed by atoms with Crippen molar-refractivity contribution in [1.29, 1.82) is 0 Å². The van der Waals surface area contributed by atoms with Gasteiger partial charge in [-0.25, -0.2) is 0 Å². The molecule has 2 unspecified atom stereocenters. The number of aromatic nitrogens is 1. The second kappa shape index (κ2) is 8.73. The molecule has 3 heterocycles. The fraction of sp³-hybridized carbons (Fsp3) is 0.640. The molecule has 1 aromatic carbocycles. The molecule has 166 valence electrons. The van der Waals surface area contributed by atoms with Crippen LogP contribution in [0.4, 0.5) is 0 Å². The fourth-order valence-electron chi connectivity index (χ4n) is 5.85. The van der Waals surface area contributed by atoms with E-state index in [1.165, 1.54) is 5.56 Å². The largest absolute Gasteiger partial charge is 0.356 e. The molecule has 0 bridgehead atoms. The summed E-state index contributed by atoms with van der Waals surface area (Å²) in [7, 11) is 0. The number of likely N-dealkylation sites (tertiary alicyclic amines) is 2. The number of piperidine rings is 1. The highest BCUT2D eigenvalue weighted by atomic mass is 16.5. The van der Waals surface area contributed by atoms with E-state index in [-0.39, 0.29) is 23.7 Å². The Bertz CT molecular complexity index is 936. The maximum atomic E-state index is 12.6. The summed E-state index contributed by atoms with van der Waals surface area (Å²) in [6, 6.07) is 6.33. The molecule has 1 aromatic heterocycles. The lowest BCUT2D eigenvalue weighted by molar-refractivity contribution is -0.140. The predicted octanol–water partition coefficient (Wildman–Crippen LogP) is 4.27. The number of rotatable bonds is 6. The lowest BCUT2D eigenvalue weighted by Crippen LogP contribution is -2.35. The van der Waals surface area contributed by atoms with Gasteiger partial charge in [0.2, 0.25) is 11.8 Å². The first-order chi connectivity index (χ1) is 15.1. The van der Waals surface area contributed by atoms with Gasteiger partial charge in [0, 0.05) is 17.8 Å². The topological polar surface area (TPSA) is 66.7 Å². The first-order valence-electron chi connectivity index (χ1n) is 12.1. The van der Waals surface area contributed by atoms with E-state index < -0.39 is 0 Å². The molecule has 0 spiro atoms. The monoisotopic (exact) mass is 423 g/mol. The average Bonchev–Trinajstić information content (AvgIpc) is 3.31. The van der Waals surface area contributed by atoms with Crippen molar-refractivity contribution in [3.63, 3.8) is 0 Å². The summed E-state index contributed by atoms with van der Waals surface area (Å²) in [4.78, 5) is 29.3. The number of unbranched alkanes of at least 4 members (excludes halogenated alkanes) is 1. The molecule has 1 saturated carbocycles. The van der Waals surface area contributed by atoms with Crippen molar-refractivity contribution in [2.45, 2.75) is 64.2 Å². The molecular formula is C25H33N3O3. The van der Waals surface area contributed by atoms with Crippen LogP contribution in [0.25, 0.3) is 11.0 Å². The first kappa shape index (κ1) is 20.7. The van der Waals surface area contributed by atoms with Crippen LogP contribution in [-0.4, -0.2) is 52.9 Å². The number of nitrogens with zero attached hydrogens (tertiary/aromatic N) is 3. The van der Waals surface area contributed by atoms with Gasteiger partial charge in [-0.1, -0.05) is 24.1 Å². The molecular weight excluding hydrogens is 390 g/mol. The van der Waals surface area contributed by atoms with E-state index in [0.717, 1.165) is 87.7 Å². The zero-order valence-corrected chi connectivity index (χ0v) is 18.5. The highest BCUT2D eigenvalue weighted by molar-refractivity contribution is 6.05. The van der Waals surface area contributed by atoms with E-state index >= 15 is 0 Å². The molecule has 6 nitrogen and oxygen atoms in total. The maximum Gasteiger partial charge on any atom is 0.233 e. The lowest BCUT2D eigenvalue weighted by Gasteiger charge is -2.31. The van der Waals surface area contributed by atoms with Gasteiger partial charge in [0.05, 0.1) is 17.5 Å². The summed E-state index contributed by atoms with van der Waals surface area (Å²) in [5.74, 6) is 0.632. The Hall–Kier alpha value is -2.21. The van der Waals surface area contributed by atoms with E-state index in [2.05, 4.69) is 35.2 Å². The van der Waals surface area contributed by atoms with Gasteiger partial charge in [-0.15, -0.1) is 0 Å². The minimum atomic E-state index is -0.0168. The van der Waals surface area contributed by atoms with Crippen molar-refractivity contribution in [2.75, 3.05) is 26.2 Å². The Morgan fingerprint density at radius 2 is 1.65 bits per heavy atom. The van der Waals surface area contributed by atoms with Gasteiger partial charge in [0.25, 0.3) is 0 Å². The number of imide groups is 1. The van der Waals surface area contributed by atoms with E-state index in [4.69, 9.17) is 4.52 Å². The van der Waals surface area contributed by atoms with E-state index in [9.17, 15) is 9.59 Å². The number of aryl methyl sites for hydroxylation is 1. The zero-order chi connectivity index (χ0) is 21.4. The van der Waals surface area contributed by atoms with Gasteiger partial charge in [-0.3, -0.25) is 14.5 Å². The predicted molar refractivity (Wildman–Crippen MR) is 119 cm³/mol. The number of hydrogen-bond donors (Lipinski definition) is 0. The second-order valence-electron chi connectivity index (χ2n) is 9.72. The van der Waals surface area contributed by atoms with Gasteiger partial charge in [-0.2, -0.15) is 0 Å². The Labute approximate surface area is 183 Å². The SMILES string of the molecule is Cc1ccc2c(C3CCN(CCCCN4C(=O)C5CCCCC5C4=O)CC3)noc2c1. The van der Waals surface area contributed by atoms with Gasteiger partial charge in [-0.05, 0) is 82.8 Å². The van der Waals surface area contributed by atoms with Crippen LogP contribution in [0.1, 0.15) is 68.5 Å². The number of benzene rings is 1. The minimum Gasteiger partial charge on any atom is -0.356 e. The van der Waals surface area contributed by atoms with E-state index in [1.54, 1.807) is 4.90 Å². The number of carbonyl (C=O) groups is 2. The highest BCUT2D eigenvalue weighted by Crippen LogP contribution is 2.38. The molecule has 3 aliphatic rings. The Balaban J connectivity index is 1.07. The second-order valence-corrected chi connectivity index (χ2v) is 9.72. The normalized spacial score (nSPS) is 25.5. The van der Waals surface area contributed by atoms with E-state index in [0.29, 0.717) is 12.5 Å². The van der Waals surface area contributed by atoms with Crippen LogP contribution in [0.5, 0.6) is 0 Å². The first-order valence-corrected chi connectivity index (χ1v) is 12.1.